The second kappa shape index (κ2) is 8.13. The van der Waals surface area contributed by atoms with Gasteiger partial charge in [0.15, 0.2) is 5.78 Å². The van der Waals surface area contributed by atoms with Gasteiger partial charge in [-0.05, 0) is 83.0 Å². The monoisotopic (exact) mass is 490 g/mol. The van der Waals surface area contributed by atoms with E-state index in [-0.39, 0.29) is 11.7 Å². The van der Waals surface area contributed by atoms with Gasteiger partial charge >= 0.3 is 0 Å². The normalized spacial score (nSPS) is 19.9. The Bertz CT molecular complexity index is 1790. The number of rotatable bonds is 3. The fourth-order valence-electron chi connectivity index (χ4n) is 7.14. The molecule has 184 valence electrons. The molecule has 0 saturated heterocycles. The molecular formula is C37H30O. The largest absolute Gasteiger partial charge is 0.293 e. The summed E-state index contributed by atoms with van der Waals surface area (Å²) < 4.78 is 0. The number of carbonyl (C=O) groups is 1. The summed E-state index contributed by atoms with van der Waals surface area (Å²) in [6, 6.07) is 36.6. The minimum absolute atomic E-state index is 0.0299. The summed E-state index contributed by atoms with van der Waals surface area (Å²) in [5.41, 5.74) is 12.2. The fraction of sp³-hybridized carbons (Fsp3) is 0.162. The van der Waals surface area contributed by atoms with E-state index in [2.05, 4.69) is 107 Å². The van der Waals surface area contributed by atoms with Gasteiger partial charge in [0.05, 0.1) is 5.41 Å². The van der Waals surface area contributed by atoms with E-state index in [1.165, 1.54) is 49.7 Å². The molecule has 7 rings (SSSR count). The van der Waals surface area contributed by atoms with Crippen LogP contribution in [0.3, 0.4) is 0 Å². The maximum Gasteiger partial charge on any atom is 0.174 e. The number of carbonyl (C=O) groups excluding carboxylic acids is 1. The summed E-state index contributed by atoms with van der Waals surface area (Å²) in [6.07, 6.45) is 0. The Kier molecular flexibility index (Phi) is 4.91. The number of aryl methyl sites for hydroxylation is 3. The minimum Gasteiger partial charge on any atom is -0.293 e. The lowest BCUT2D eigenvalue weighted by molar-refractivity contribution is -0.117. The van der Waals surface area contributed by atoms with Crippen LogP contribution >= 0.6 is 0 Å². The quantitative estimate of drug-likeness (QED) is 0.247. The second-order valence-corrected chi connectivity index (χ2v) is 11.2. The molecule has 0 N–H and O–H groups in total. The molecule has 0 heterocycles. The maximum atomic E-state index is 14.7. The van der Waals surface area contributed by atoms with Crippen LogP contribution in [0.15, 0.2) is 103 Å². The second-order valence-electron chi connectivity index (χ2n) is 11.2. The molecule has 0 saturated carbocycles. The Balaban J connectivity index is 1.59. The number of ketones is 1. The molecule has 0 spiro atoms. The van der Waals surface area contributed by atoms with Crippen molar-refractivity contribution in [3.63, 3.8) is 0 Å². The van der Waals surface area contributed by atoms with Crippen molar-refractivity contribution >= 4 is 27.7 Å². The van der Waals surface area contributed by atoms with Crippen LogP contribution in [0, 0.1) is 20.8 Å². The standard InChI is InChI=1S/C37H30O/c1-22-15-17-27(18-16-22)31-24(3)21-29-34-28(31)19-23(2)20-30(34)37(4)35(29)32(25-11-7-5-8-12-25)33(36(37)38)26-13-9-6-10-14-26/h5-21,35H,1-4H3/t35-,37-/m1/s1. The van der Waals surface area contributed by atoms with Crippen molar-refractivity contribution in [2.45, 2.75) is 39.0 Å². The van der Waals surface area contributed by atoms with Crippen LogP contribution in [-0.4, -0.2) is 5.78 Å². The van der Waals surface area contributed by atoms with Crippen molar-refractivity contribution in [2.75, 3.05) is 0 Å². The third-order valence-corrected chi connectivity index (χ3v) is 8.80. The lowest BCUT2D eigenvalue weighted by Gasteiger charge is -2.27. The first-order chi connectivity index (χ1) is 18.4. The van der Waals surface area contributed by atoms with E-state index >= 15 is 0 Å². The average Bonchev–Trinajstić information content (AvgIpc) is 3.31. The molecule has 1 nitrogen and oxygen atoms in total. The number of hydrogen-bond donors (Lipinski definition) is 0. The number of Topliss-reactive ketones (excluding diaryl/α,β-unsaturated/α-hetero) is 1. The van der Waals surface area contributed by atoms with Gasteiger partial charge in [-0.15, -0.1) is 0 Å². The van der Waals surface area contributed by atoms with E-state index < -0.39 is 5.41 Å². The highest BCUT2D eigenvalue weighted by atomic mass is 16.1. The predicted octanol–water partition coefficient (Wildman–Crippen LogP) is 8.98. The van der Waals surface area contributed by atoms with Gasteiger partial charge in [0.1, 0.15) is 0 Å². The first kappa shape index (κ1) is 22.9. The fourth-order valence-corrected chi connectivity index (χ4v) is 7.14. The number of allylic oxidation sites excluding steroid dienone is 2. The summed E-state index contributed by atoms with van der Waals surface area (Å²) in [4.78, 5) is 14.7. The molecule has 0 radical (unpaired) electrons. The molecule has 0 unspecified atom stereocenters. The van der Waals surface area contributed by atoms with Gasteiger partial charge in [0.2, 0.25) is 0 Å². The number of fused-ring (bicyclic) bond motifs is 3. The molecule has 0 aromatic heterocycles. The summed E-state index contributed by atoms with van der Waals surface area (Å²) in [5, 5.41) is 2.52. The van der Waals surface area contributed by atoms with E-state index in [0.29, 0.717) is 0 Å². The Labute approximate surface area is 224 Å². The van der Waals surface area contributed by atoms with E-state index in [9.17, 15) is 4.79 Å². The van der Waals surface area contributed by atoms with Crippen LogP contribution in [0.2, 0.25) is 0 Å². The third-order valence-electron chi connectivity index (χ3n) is 8.80. The van der Waals surface area contributed by atoms with Gasteiger partial charge < -0.3 is 0 Å². The van der Waals surface area contributed by atoms with E-state index in [4.69, 9.17) is 0 Å². The van der Waals surface area contributed by atoms with Crippen LogP contribution in [0.5, 0.6) is 0 Å². The highest BCUT2D eigenvalue weighted by Gasteiger charge is 2.57. The molecule has 2 aliphatic rings. The summed E-state index contributed by atoms with van der Waals surface area (Å²) >= 11 is 0. The lowest BCUT2D eigenvalue weighted by atomic mass is 9.73. The predicted molar refractivity (Wildman–Crippen MR) is 158 cm³/mol. The number of benzene rings is 5. The van der Waals surface area contributed by atoms with E-state index in [1.54, 1.807) is 0 Å². The molecule has 38 heavy (non-hydrogen) atoms. The van der Waals surface area contributed by atoms with Crippen molar-refractivity contribution in [3.8, 4) is 11.1 Å². The zero-order valence-corrected chi connectivity index (χ0v) is 22.3. The Morgan fingerprint density at radius 2 is 1.29 bits per heavy atom. The van der Waals surface area contributed by atoms with Crippen LogP contribution < -0.4 is 0 Å². The highest BCUT2D eigenvalue weighted by Crippen LogP contribution is 2.64. The SMILES string of the molecule is Cc1ccc(-c2c(C)cc3c4c(cc(C)cc24)[C@@]2(C)C(=O)C(c4ccccc4)=C(c4ccccc4)[C@@H]32)cc1. The van der Waals surface area contributed by atoms with E-state index in [1.807, 2.05) is 24.3 Å². The summed E-state index contributed by atoms with van der Waals surface area (Å²) in [6.45, 7) is 8.71. The number of hydrogen-bond acceptors (Lipinski definition) is 1. The van der Waals surface area contributed by atoms with Crippen molar-refractivity contribution in [2.24, 2.45) is 0 Å². The lowest BCUT2D eigenvalue weighted by Crippen LogP contribution is -2.31. The van der Waals surface area contributed by atoms with Crippen LogP contribution in [0.25, 0.3) is 33.0 Å². The Morgan fingerprint density at radius 1 is 0.658 bits per heavy atom. The summed E-state index contributed by atoms with van der Waals surface area (Å²) in [5.74, 6) is 0.197. The molecule has 0 bridgehead atoms. The van der Waals surface area contributed by atoms with Gasteiger partial charge in [-0.3, -0.25) is 4.79 Å². The zero-order valence-electron chi connectivity index (χ0n) is 22.3. The zero-order chi connectivity index (χ0) is 26.2. The maximum absolute atomic E-state index is 14.7. The molecule has 2 atom stereocenters. The van der Waals surface area contributed by atoms with Crippen molar-refractivity contribution in [1.82, 2.24) is 0 Å². The van der Waals surface area contributed by atoms with Crippen LogP contribution in [0.4, 0.5) is 0 Å². The molecule has 5 aromatic carbocycles. The smallest absolute Gasteiger partial charge is 0.174 e. The first-order valence-corrected chi connectivity index (χ1v) is 13.4. The molecule has 5 aromatic rings. The van der Waals surface area contributed by atoms with E-state index in [0.717, 1.165) is 22.3 Å². The minimum atomic E-state index is -0.651. The average molecular weight is 491 g/mol. The molecule has 2 aliphatic carbocycles. The van der Waals surface area contributed by atoms with Gasteiger partial charge in [-0.2, -0.15) is 0 Å². The van der Waals surface area contributed by atoms with Crippen molar-refractivity contribution in [1.29, 1.82) is 0 Å². The molecular weight excluding hydrogens is 460 g/mol. The van der Waals surface area contributed by atoms with Crippen molar-refractivity contribution in [3.05, 3.63) is 142 Å². The van der Waals surface area contributed by atoms with Gasteiger partial charge in [-0.25, -0.2) is 0 Å². The third kappa shape index (κ3) is 3.02. The van der Waals surface area contributed by atoms with Gasteiger partial charge in [-0.1, -0.05) is 114 Å². The highest BCUT2D eigenvalue weighted by molar-refractivity contribution is 6.38. The molecule has 0 amide bonds. The van der Waals surface area contributed by atoms with Crippen LogP contribution in [0.1, 0.15) is 51.8 Å². The Hall–Kier alpha value is -4.23. The first-order valence-electron chi connectivity index (χ1n) is 13.4. The van der Waals surface area contributed by atoms with Gasteiger partial charge in [0, 0.05) is 11.5 Å². The summed E-state index contributed by atoms with van der Waals surface area (Å²) in [7, 11) is 0. The molecule has 1 heteroatoms. The molecule has 0 aliphatic heterocycles. The Morgan fingerprint density at radius 3 is 1.95 bits per heavy atom. The molecule has 0 fully saturated rings. The topological polar surface area (TPSA) is 17.1 Å². The van der Waals surface area contributed by atoms with Gasteiger partial charge in [0.25, 0.3) is 0 Å². The van der Waals surface area contributed by atoms with Crippen LogP contribution in [-0.2, 0) is 10.2 Å². The van der Waals surface area contributed by atoms with Crippen molar-refractivity contribution < 1.29 is 4.79 Å².